The van der Waals surface area contributed by atoms with E-state index in [4.69, 9.17) is 23.2 Å². The van der Waals surface area contributed by atoms with Gasteiger partial charge < -0.3 is 0 Å². The van der Waals surface area contributed by atoms with Gasteiger partial charge in [0.2, 0.25) is 0 Å². The Labute approximate surface area is 144 Å². The molecule has 1 heterocycles. The maximum absolute atomic E-state index is 13.0. The molecule has 0 aliphatic rings. The Morgan fingerprint density at radius 1 is 1.12 bits per heavy atom. The van der Waals surface area contributed by atoms with E-state index >= 15 is 0 Å². The number of rotatable bonds is 3. The fourth-order valence-electron chi connectivity index (χ4n) is 1.74. The van der Waals surface area contributed by atoms with Crippen molar-refractivity contribution in [2.24, 2.45) is 0 Å². The highest BCUT2D eigenvalue weighted by molar-refractivity contribution is 7.90. The van der Waals surface area contributed by atoms with Gasteiger partial charge in [0.05, 0.1) is 10.5 Å². The third kappa shape index (κ3) is 4.16. The minimum absolute atomic E-state index is 0.0810. The number of benzene rings is 1. The second kappa shape index (κ2) is 6.58. The summed E-state index contributed by atoms with van der Waals surface area (Å²) in [6, 6.07) is 4.32. The molecule has 0 saturated heterocycles. The van der Waals surface area contributed by atoms with Crippen LogP contribution in [0.25, 0.3) is 0 Å². The molecule has 2 rings (SSSR count). The van der Waals surface area contributed by atoms with Gasteiger partial charge in [-0.2, -0.15) is 13.2 Å². The number of aromatic nitrogens is 1. The number of hydrogen-bond acceptors (Lipinski definition) is 4. The average Bonchev–Trinajstić information content (AvgIpc) is 2.45. The van der Waals surface area contributed by atoms with Crippen LogP contribution in [0.1, 0.15) is 15.9 Å². The fraction of sp³-hybridized carbons (Fsp3) is 0.0769. The Kier molecular flexibility index (Phi) is 5.07. The topological polar surface area (TPSA) is 76.1 Å². The van der Waals surface area contributed by atoms with Gasteiger partial charge in [0.25, 0.3) is 15.9 Å². The third-order valence-corrected chi connectivity index (χ3v) is 4.58. The fourth-order valence-corrected chi connectivity index (χ4v) is 3.27. The van der Waals surface area contributed by atoms with Crippen molar-refractivity contribution in [3.63, 3.8) is 0 Å². The first-order valence-corrected chi connectivity index (χ1v) is 8.30. The highest BCUT2D eigenvalue weighted by Crippen LogP contribution is 2.35. The second-order valence-electron chi connectivity index (χ2n) is 4.44. The van der Waals surface area contributed by atoms with Crippen LogP contribution in [0, 0.1) is 0 Å². The Balaban J connectivity index is 2.43. The van der Waals surface area contributed by atoms with Crippen molar-refractivity contribution in [3.8, 4) is 0 Å². The van der Waals surface area contributed by atoms with Gasteiger partial charge in [-0.3, -0.25) is 4.79 Å². The molecule has 0 spiro atoms. The van der Waals surface area contributed by atoms with E-state index in [1.165, 1.54) is 0 Å². The summed E-state index contributed by atoms with van der Waals surface area (Å²) in [5, 5.41) is -0.379. The maximum atomic E-state index is 13.0. The predicted octanol–water partition coefficient (Wildman–Crippen LogP) is 3.53. The third-order valence-electron chi connectivity index (χ3n) is 2.75. The number of hydrogen-bond donors (Lipinski definition) is 1. The molecule has 1 N–H and O–H groups in total. The normalized spacial score (nSPS) is 12.0. The zero-order chi connectivity index (χ0) is 18.1. The van der Waals surface area contributed by atoms with Crippen LogP contribution in [0.4, 0.5) is 13.2 Å². The van der Waals surface area contributed by atoms with Crippen molar-refractivity contribution in [2.45, 2.75) is 11.1 Å². The molecule has 5 nitrogen and oxygen atoms in total. The minimum atomic E-state index is -4.97. The number of nitrogens with zero attached hydrogens (tertiary/aromatic N) is 1. The Bertz CT molecular complexity index is 902. The molecule has 0 saturated carbocycles. The summed E-state index contributed by atoms with van der Waals surface area (Å²) in [6.07, 6.45) is -3.83. The maximum Gasteiger partial charge on any atom is 0.417 e. The molecule has 1 aromatic carbocycles. The van der Waals surface area contributed by atoms with Crippen LogP contribution in [-0.2, 0) is 16.2 Å². The van der Waals surface area contributed by atoms with Crippen molar-refractivity contribution in [2.75, 3.05) is 0 Å². The SMILES string of the molecule is O=C(NS(=O)(=O)c1ccc(Cl)cc1C(F)(F)F)c1ccnc(Cl)c1. The Hall–Kier alpha value is -1.84. The molecule has 24 heavy (non-hydrogen) atoms. The number of carbonyl (C=O) groups excluding carboxylic acids is 1. The van der Waals surface area contributed by atoms with Gasteiger partial charge in [0.15, 0.2) is 0 Å². The zero-order valence-electron chi connectivity index (χ0n) is 11.4. The number of alkyl halides is 3. The largest absolute Gasteiger partial charge is 0.417 e. The van der Waals surface area contributed by atoms with Gasteiger partial charge in [0, 0.05) is 16.8 Å². The molecule has 0 unspecified atom stereocenters. The summed E-state index contributed by atoms with van der Waals surface area (Å²) in [5.74, 6) is -1.15. The van der Waals surface area contributed by atoms with Gasteiger partial charge in [-0.1, -0.05) is 23.2 Å². The smallest absolute Gasteiger partial charge is 0.268 e. The summed E-state index contributed by atoms with van der Waals surface area (Å²) in [7, 11) is -4.79. The van der Waals surface area contributed by atoms with E-state index in [2.05, 4.69) is 4.98 Å². The van der Waals surface area contributed by atoms with E-state index in [1.807, 2.05) is 0 Å². The van der Waals surface area contributed by atoms with Crippen molar-refractivity contribution >= 4 is 39.1 Å². The number of pyridine rings is 1. The minimum Gasteiger partial charge on any atom is -0.268 e. The van der Waals surface area contributed by atoms with Crippen LogP contribution >= 0.6 is 23.2 Å². The van der Waals surface area contributed by atoms with Crippen LogP contribution in [0.2, 0.25) is 10.2 Å². The highest BCUT2D eigenvalue weighted by atomic mass is 35.5. The molecule has 1 amide bonds. The molecule has 1 aromatic heterocycles. The molecular weight excluding hydrogens is 392 g/mol. The van der Waals surface area contributed by atoms with E-state index in [-0.39, 0.29) is 15.7 Å². The van der Waals surface area contributed by atoms with Crippen LogP contribution in [-0.4, -0.2) is 19.3 Å². The van der Waals surface area contributed by atoms with Crippen LogP contribution in [0.3, 0.4) is 0 Å². The van der Waals surface area contributed by atoms with Crippen molar-refractivity contribution in [3.05, 3.63) is 57.8 Å². The molecule has 0 radical (unpaired) electrons. The van der Waals surface area contributed by atoms with Crippen LogP contribution in [0.5, 0.6) is 0 Å². The lowest BCUT2D eigenvalue weighted by Crippen LogP contribution is -2.32. The van der Waals surface area contributed by atoms with E-state index < -0.39 is 32.6 Å². The van der Waals surface area contributed by atoms with Crippen molar-refractivity contribution < 1.29 is 26.4 Å². The number of sulfonamides is 1. The predicted molar refractivity (Wildman–Crippen MR) is 80.4 cm³/mol. The number of carbonyl (C=O) groups is 1. The van der Waals surface area contributed by atoms with Gasteiger partial charge in [-0.15, -0.1) is 0 Å². The summed E-state index contributed by atoms with van der Waals surface area (Å²) in [4.78, 5) is 14.4. The number of nitrogens with one attached hydrogen (secondary N) is 1. The first kappa shape index (κ1) is 18.5. The van der Waals surface area contributed by atoms with Crippen LogP contribution < -0.4 is 4.72 Å². The Morgan fingerprint density at radius 3 is 2.38 bits per heavy atom. The highest BCUT2D eigenvalue weighted by Gasteiger charge is 2.38. The summed E-state index contributed by atoms with van der Waals surface area (Å²) >= 11 is 11.1. The molecule has 0 aliphatic heterocycles. The standard InChI is InChI=1S/C13H7Cl2F3N2O3S/c14-8-1-2-10(9(6-8)13(16,17)18)24(22,23)20-12(21)7-3-4-19-11(15)5-7/h1-6H,(H,20,21). The van der Waals surface area contributed by atoms with Gasteiger partial charge in [0.1, 0.15) is 5.15 Å². The summed E-state index contributed by atoms with van der Waals surface area (Å²) < 4.78 is 64.9. The first-order valence-electron chi connectivity index (χ1n) is 6.06. The number of halogens is 5. The lowest BCUT2D eigenvalue weighted by atomic mass is 10.2. The van der Waals surface area contributed by atoms with E-state index in [9.17, 15) is 26.4 Å². The van der Waals surface area contributed by atoms with Crippen molar-refractivity contribution in [1.82, 2.24) is 9.71 Å². The molecule has 2 aromatic rings. The summed E-state index contributed by atoms with van der Waals surface area (Å²) in [5.41, 5.74) is -1.66. The van der Waals surface area contributed by atoms with Gasteiger partial charge >= 0.3 is 6.18 Å². The molecule has 0 aliphatic carbocycles. The number of amides is 1. The summed E-state index contributed by atoms with van der Waals surface area (Å²) in [6.45, 7) is 0. The van der Waals surface area contributed by atoms with E-state index in [0.717, 1.165) is 24.4 Å². The van der Waals surface area contributed by atoms with Crippen LogP contribution in [0.15, 0.2) is 41.4 Å². The van der Waals surface area contributed by atoms with Gasteiger partial charge in [-0.25, -0.2) is 18.1 Å². The lowest BCUT2D eigenvalue weighted by molar-refractivity contribution is -0.139. The van der Waals surface area contributed by atoms with Gasteiger partial charge in [-0.05, 0) is 30.3 Å². The first-order chi connectivity index (χ1) is 11.0. The zero-order valence-corrected chi connectivity index (χ0v) is 13.8. The molecular formula is C13H7Cl2F3N2O3S. The Morgan fingerprint density at radius 2 is 1.79 bits per heavy atom. The monoisotopic (exact) mass is 398 g/mol. The van der Waals surface area contributed by atoms with E-state index in [0.29, 0.717) is 12.1 Å². The second-order valence-corrected chi connectivity index (χ2v) is 6.91. The average molecular weight is 399 g/mol. The molecule has 0 fully saturated rings. The molecule has 0 atom stereocenters. The van der Waals surface area contributed by atoms with Crippen molar-refractivity contribution in [1.29, 1.82) is 0 Å². The lowest BCUT2D eigenvalue weighted by Gasteiger charge is -2.14. The molecule has 0 bridgehead atoms. The molecule has 128 valence electrons. The quantitative estimate of drug-likeness (QED) is 0.802. The molecule has 11 heteroatoms. The van der Waals surface area contributed by atoms with E-state index in [1.54, 1.807) is 4.72 Å².